The molecule has 0 atom stereocenters. The lowest BCUT2D eigenvalue weighted by Crippen LogP contribution is -2.21. The lowest BCUT2D eigenvalue weighted by Gasteiger charge is -2.06. The smallest absolute Gasteiger partial charge is 0.211 e. The standard InChI is InChI=1S/C14H12Cl2N4/c15-12-6-5-9(7-13(12)16)11-4-2-1-3-10(11)8-19-20-14(17)18/h1-8H,(H4,17,18,20). The second-order valence-electron chi connectivity index (χ2n) is 3.99. The Morgan fingerprint density at radius 3 is 2.45 bits per heavy atom. The Kier molecular flexibility index (Phi) is 4.61. The van der Waals surface area contributed by atoms with Crippen molar-refractivity contribution >= 4 is 35.4 Å². The van der Waals surface area contributed by atoms with E-state index in [-0.39, 0.29) is 5.96 Å². The van der Waals surface area contributed by atoms with Crippen LogP contribution in [0.5, 0.6) is 0 Å². The van der Waals surface area contributed by atoms with Crippen molar-refractivity contribution in [3.8, 4) is 11.1 Å². The van der Waals surface area contributed by atoms with Crippen LogP contribution in [0.3, 0.4) is 0 Å². The molecule has 0 aromatic heterocycles. The van der Waals surface area contributed by atoms with Gasteiger partial charge in [-0.25, -0.2) is 0 Å². The second-order valence-corrected chi connectivity index (χ2v) is 4.80. The molecule has 0 unspecified atom stereocenters. The van der Waals surface area contributed by atoms with E-state index in [0.29, 0.717) is 10.0 Å². The molecule has 4 N–H and O–H groups in total. The zero-order valence-electron chi connectivity index (χ0n) is 10.4. The van der Waals surface area contributed by atoms with Crippen molar-refractivity contribution in [1.29, 1.82) is 0 Å². The molecule has 0 aliphatic rings. The molecule has 4 nitrogen and oxygen atoms in total. The summed E-state index contributed by atoms with van der Waals surface area (Å²) in [6, 6.07) is 13.1. The van der Waals surface area contributed by atoms with Gasteiger partial charge in [0.15, 0.2) is 0 Å². The van der Waals surface area contributed by atoms with Gasteiger partial charge in [0.2, 0.25) is 5.96 Å². The molecule has 2 aromatic carbocycles. The maximum absolute atomic E-state index is 6.04. The Bertz CT molecular complexity index is 677. The number of halogens is 2. The van der Waals surface area contributed by atoms with Crippen LogP contribution in [0.15, 0.2) is 52.7 Å². The third kappa shape index (κ3) is 3.50. The largest absolute Gasteiger partial charge is 0.369 e. The van der Waals surface area contributed by atoms with Gasteiger partial charge in [-0.15, -0.1) is 5.10 Å². The molecule has 0 aliphatic heterocycles. The minimum Gasteiger partial charge on any atom is -0.369 e. The highest BCUT2D eigenvalue weighted by molar-refractivity contribution is 6.42. The number of nitrogens with zero attached hydrogens (tertiary/aromatic N) is 2. The van der Waals surface area contributed by atoms with Crippen molar-refractivity contribution in [2.24, 2.45) is 21.7 Å². The fraction of sp³-hybridized carbons (Fsp3) is 0. The Labute approximate surface area is 126 Å². The normalized spacial score (nSPS) is 10.7. The molecule has 102 valence electrons. The molecular formula is C14H12Cl2N4. The summed E-state index contributed by atoms with van der Waals surface area (Å²) >= 11 is 12.0. The summed E-state index contributed by atoms with van der Waals surface area (Å²) in [7, 11) is 0. The molecule has 2 rings (SSSR count). The van der Waals surface area contributed by atoms with E-state index in [1.807, 2.05) is 30.3 Å². The van der Waals surface area contributed by atoms with Crippen molar-refractivity contribution in [2.45, 2.75) is 0 Å². The number of guanidine groups is 1. The summed E-state index contributed by atoms with van der Waals surface area (Å²) in [6.45, 7) is 0. The van der Waals surface area contributed by atoms with Crippen molar-refractivity contribution in [3.63, 3.8) is 0 Å². The van der Waals surface area contributed by atoms with Gasteiger partial charge in [-0.05, 0) is 23.3 Å². The van der Waals surface area contributed by atoms with Crippen LogP contribution in [0.1, 0.15) is 5.56 Å². The second kappa shape index (κ2) is 6.41. The minimum atomic E-state index is -0.0896. The van der Waals surface area contributed by atoms with Crippen LogP contribution in [0.25, 0.3) is 11.1 Å². The van der Waals surface area contributed by atoms with Gasteiger partial charge in [0.25, 0.3) is 0 Å². The lowest BCUT2D eigenvalue weighted by atomic mass is 10.0. The van der Waals surface area contributed by atoms with Crippen molar-refractivity contribution < 1.29 is 0 Å². The van der Waals surface area contributed by atoms with E-state index in [1.54, 1.807) is 18.3 Å². The number of benzene rings is 2. The van der Waals surface area contributed by atoms with E-state index in [4.69, 9.17) is 34.7 Å². The van der Waals surface area contributed by atoms with Gasteiger partial charge in [0.05, 0.1) is 16.3 Å². The van der Waals surface area contributed by atoms with Crippen molar-refractivity contribution in [3.05, 3.63) is 58.1 Å². The van der Waals surface area contributed by atoms with Crippen molar-refractivity contribution in [1.82, 2.24) is 0 Å². The van der Waals surface area contributed by atoms with E-state index in [2.05, 4.69) is 10.2 Å². The van der Waals surface area contributed by atoms with Gasteiger partial charge in [0.1, 0.15) is 0 Å². The first kappa shape index (κ1) is 14.4. The number of hydrogen-bond donors (Lipinski definition) is 2. The van der Waals surface area contributed by atoms with Gasteiger partial charge in [-0.1, -0.05) is 53.5 Å². The number of hydrogen-bond acceptors (Lipinski definition) is 2. The Hall–Kier alpha value is -2.04. The first-order valence-corrected chi connectivity index (χ1v) is 6.50. The molecule has 0 bridgehead atoms. The molecule has 0 saturated heterocycles. The van der Waals surface area contributed by atoms with E-state index in [0.717, 1.165) is 16.7 Å². The van der Waals surface area contributed by atoms with E-state index < -0.39 is 0 Å². The van der Waals surface area contributed by atoms with Gasteiger partial charge in [-0.3, -0.25) is 0 Å². The van der Waals surface area contributed by atoms with Crippen LogP contribution < -0.4 is 11.5 Å². The molecule has 0 radical (unpaired) electrons. The van der Waals surface area contributed by atoms with Crippen molar-refractivity contribution in [2.75, 3.05) is 0 Å². The average Bonchev–Trinajstić information content (AvgIpc) is 2.42. The maximum Gasteiger partial charge on any atom is 0.211 e. The molecule has 0 heterocycles. The predicted molar refractivity (Wildman–Crippen MR) is 85.3 cm³/mol. The quantitative estimate of drug-likeness (QED) is 0.518. The molecule has 0 fully saturated rings. The van der Waals surface area contributed by atoms with E-state index in [1.165, 1.54) is 0 Å². The Balaban J connectivity index is 2.44. The van der Waals surface area contributed by atoms with E-state index >= 15 is 0 Å². The molecule has 6 heteroatoms. The lowest BCUT2D eigenvalue weighted by molar-refractivity contribution is 1.21. The van der Waals surface area contributed by atoms with Crippen LogP contribution in [0.2, 0.25) is 10.0 Å². The highest BCUT2D eigenvalue weighted by Crippen LogP contribution is 2.29. The molecular weight excluding hydrogens is 295 g/mol. The summed E-state index contributed by atoms with van der Waals surface area (Å²) in [5.41, 5.74) is 13.2. The summed E-state index contributed by atoms with van der Waals surface area (Å²) in [5, 5.41) is 8.42. The van der Waals surface area contributed by atoms with Gasteiger partial charge < -0.3 is 11.5 Å². The fourth-order valence-corrected chi connectivity index (χ4v) is 1.99. The van der Waals surface area contributed by atoms with Crippen LogP contribution in [0.4, 0.5) is 0 Å². The van der Waals surface area contributed by atoms with Crippen LogP contribution >= 0.6 is 23.2 Å². The van der Waals surface area contributed by atoms with Gasteiger partial charge >= 0.3 is 0 Å². The SMILES string of the molecule is NC(N)=NN=Cc1ccccc1-c1ccc(Cl)c(Cl)c1. The fourth-order valence-electron chi connectivity index (χ4n) is 1.69. The Morgan fingerprint density at radius 1 is 1.00 bits per heavy atom. The highest BCUT2D eigenvalue weighted by Gasteiger charge is 2.05. The molecule has 0 amide bonds. The third-order valence-electron chi connectivity index (χ3n) is 2.56. The zero-order chi connectivity index (χ0) is 14.5. The predicted octanol–water partition coefficient (Wildman–Crippen LogP) is 3.27. The van der Waals surface area contributed by atoms with Crippen LogP contribution in [-0.4, -0.2) is 12.2 Å². The maximum atomic E-state index is 6.04. The van der Waals surface area contributed by atoms with Crippen LogP contribution in [-0.2, 0) is 0 Å². The van der Waals surface area contributed by atoms with Crippen LogP contribution in [0, 0.1) is 0 Å². The van der Waals surface area contributed by atoms with Gasteiger partial charge in [0, 0.05) is 5.56 Å². The molecule has 0 saturated carbocycles. The first-order valence-electron chi connectivity index (χ1n) is 5.74. The molecule has 2 aromatic rings. The monoisotopic (exact) mass is 306 g/mol. The first-order chi connectivity index (χ1) is 9.58. The van der Waals surface area contributed by atoms with E-state index in [9.17, 15) is 0 Å². The third-order valence-corrected chi connectivity index (χ3v) is 3.30. The zero-order valence-corrected chi connectivity index (χ0v) is 11.9. The number of rotatable bonds is 3. The molecule has 20 heavy (non-hydrogen) atoms. The highest BCUT2D eigenvalue weighted by atomic mass is 35.5. The summed E-state index contributed by atoms with van der Waals surface area (Å²) in [4.78, 5) is 0. The average molecular weight is 307 g/mol. The van der Waals surface area contributed by atoms with Gasteiger partial charge in [-0.2, -0.15) is 5.10 Å². The topological polar surface area (TPSA) is 76.8 Å². The number of nitrogens with two attached hydrogens (primary N) is 2. The summed E-state index contributed by atoms with van der Waals surface area (Å²) in [5.74, 6) is -0.0896. The summed E-state index contributed by atoms with van der Waals surface area (Å²) < 4.78 is 0. The summed E-state index contributed by atoms with van der Waals surface area (Å²) in [6.07, 6.45) is 1.58. The Morgan fingerprint density at radius 2 is 1.75 bits per heavy atom. The molecule has 0 spiro atoms. The molecule has 0 aliphatic carbocycles. The minimum absolute atomic E-state index is 0.0896.